The van der Waals surface area contributed by atoms with Crippen LogP contribution in [0.1, 0.15) is 12.5 Å². The molecule has 0 aliphatic carbocycles. The lowest BCUT2D eigenvalue weighted by molar-refractivity contribution is 0.342. The lowest BCUT2D eigenvalue weighted by Gasteiger charge is -2.11. The highest BCUT2D eigenvalue weighted by Gasteiger charge is 2.05. The number of anilines is 2. The van der Waals surface area contributed by atoms with Crippen LogP contribution in [0.25, 0.3) is 0 Å². The molecule has 2 rings (SSSR count). The number of hydrogen-bond donors (Lipinski definition) is 2. The van der Waals surface area contributed by atoms with E-state index in [2.05, 4.69) is 5.32 Å². The number of halogens is 2. The molecule has 0 amide bonds. The fourth-order valence-electron chi connectivity index (χ4n) is 1.80. The topological polar surface area (TPSA) is 47.3 Å². The molecule has 3 N–H and O–H groups in total. The van der Waals surface area contributed by atoms with Crippen LogP contribution in [-0.2, 0) is 6.54 Å². The van der Waals surface area contributed by atoms with Gasteiger partial charge in [0.25, 0.3) is 0 Å². The van der Waals surface area contributed by atoms with Crippen LogP contribution in [0.5, 0.6) is 5.75 Å². The Kier molecular flexibility index (Phi) is 4.40. The Labute approximate surface area is 116 Å². The number of hydrogen-bond acceptors (Lipinski definition) is 3. The molecular weight excluding hydrogens is 262 g/mol. The van der Waals surface area contributed by atoms with Gasteiger partial charge in [0, 0.05) is 23.9 Å². The molecule has 3 nitrogen and oxygen atoms in total. The van der Waals surface area contributed by atoms with Gasteiger partial charge in [0.2, 0.25) is 0 Å². The third kappa shape index (κ3) is 3.38. The van der Waals surface area contributed by atoms with Crippen LogP contribution in [0.2, 0.25) is 0 Å². The molecule has 0 unspecified atom stereocenters. The first-order chi connectivity index (χ1) is 9.60. The molecule has 0 bridgehead atoms. The van der Waals surface area contributed by atoms with Crippen LogP contribution in [0.4, 0.5) is 20.2 Å². The largest absolute Gasteiger partial charge is 0.492 e. The van der Waals surface area contributed by atoms with Gasteiger partial charge in [-0.05, 0) is 37.3 Å². The molecule has 0 fully saturated rings. The molecule has 0 saturated heterocycles. The van der Waals surface area contributed by atoms with Crippen LogP contribution in [-0.4, -0.2) is 6.61 Å². The molecule has 0 heterocycles. The van der Waals surface area contributed by atoms with Gasteiger partial charge in [0.05, 0.1) is 12.3 Å². The molecule has 0 atom stereocenters. The second kappa shape index (κ2) is 6.23. The summed E-state index contributed by atoms with van der Waals surface area (Å²) in [4.78, 5) is 0. The van der Waals surface area contributed by atoms with Crippen LogP contribution in [0.3, 0.4) is 0 Å². The molecule has 0 aliphatic rings. The van der Waals surface area contributed by atoms with Crippen LogP contribution in [0.15, 0.2) is 36.4 Å². The minimum Gasteiger partial charge on any atom is -0.492 e. The van der Waals surface area contributed by atoms with Gasteiger partial charge in [-0.25, -0.2) is 8.78 Å². The van der Waals surface area contributed by atoms with Crippen LogP contribution < -0.4 is 15.8 Å². The van der Waals surface area contributed by atoms with E-state index in [4.69, 9.17) is 10.5 Å². The summed E-state index contributed by atoms with van der Waals surface area (Å²) in [5, 5.41) is 3.01. The Balaban J connectivity index is 2.10. The quantitative estimate of drug-likeness (QED) is 0.822. The first-order valence-electron chi connectivity index (χ1n) is 6.30. The molecular formula is C15H16F2N2O. The van der Waals surface area contributed by atoms with E-state index < -0.39 is 11.6 Å². The van der Waals surface area contributed by atoms with Gasteiger partial charge >= 0.3 is 0 Å². The highest BCUT2D eigenvalue weighted by Crippen LogP contribution is 2.26. The molecule has 0 radical (unpaired) electrons. The average Bonchev–Trinajstić information content (AvgIpc) is 2.43. The molecule has 2 aromatic rings. The third-order valence-corrected chi connectivity index (χ3v) is 2.80. The number of ether oxygens (including phenoxy) is 1. The summed E-state index contributed by atoms with van der Waals surface area (Å²) >= 11 is 0. The maximum absolute atomic E-state index is 13.5. The fraction of sp³-hybridized carbons (Fsp3) is 0.200. The molecule has 5 heteroatoms. The molecule has 20 heavy (non-hydrogen) atoms. The number of benzene rings is 2. The van der Waals surface area contributed by atoms with Gasteiger partial charge in [-0.1, -0.05) is 0 Å². The highest BCUT2D eigenvalue weighted by molar-refractivity contribution is 5.61. The van der Waals surface area contributed by atoms with Crippen molar-refractivity contribution >= 4 is 11.4 Å². The first kappa shape index (κ1) is 14.1. The summed E-state index contributed by atoms with van der Waals surface area (Å²) in [6.45, 7) is 2.55. The minimum absolute atomic E-state index is 0.180. The summed E-state index contributed by atoms with van der Waals surface area (Å²) in [6.07, 6.45) is 0. The SMILES string of the molecule is CCOc1cc(NCc2cc(F)ccc2F)ccc1N. The van der Waals surface area contributed by atoms with Crippen molar-refractivity contribution in [1.29, 1.82) is 0 Å². The van der Waals surface area contributed by atoms with E-state index in [0.29, 0.717) is 18.0 Å². The summed E-state index contributed by atoms with van der Waals surface area (Å²) in [5.41, 5.74) is 7.29. The Morgan fingerprint density at radius 1 is 1.15 bits per heavy atom. The van der Waals surface area contributed by atoms with Crippen molar-refractivity contribution in [3.8, 4) is 5.75 Å². The van der Waals surface area contributed by atoms with Crippen molar-refractivity contribution in [3.63, 3.8) is 0 Å². The lowest BCUT2D eigenvalue weighted by Crippen LogP contribution is -2.04. The Hall–Kier alpha value is -2.30. The van der Waals surface area contributed by atoms with E-state index in [1.807, 2.05) is 6.92 Å². The molecule has 0 saturated carbocycles. The van der Waals surface area contributed by atoms with E-state index in [-0.39, 0.29) is 12.1 Å². The van der Waals surface area contributed by atoms with Gasteiger partial charge in [0.15, 0.2) is 0 Å². The monoisotopic (exact) mass is 278 g/mol. The maximum atomic E-state index is 13.5. The molecule has 0 spiro atoms. The summed E-state index contributed by atoms with van der Waals surface area (Å²) in [7, 11) is 0. The second-order valence-electron chi connectivity index (χ2n) is 4.27. The highest BCUT2D eigenvalue weighted by atomic mass is 19.1. The standard InChI is InChI=1S/C15H16F2N2O/c1-2-20-15-8-12(4-6-14(15)18)19-9-10-7-11(16)3-5-13(10)17/h3-8,19H,2,9,18H2,1H3. The van der Waals surface area contributed by atoms with Crippen molar-refractivity contribution in [2.75, 3.05) is 17.7 Å². The maximum Gasteiger partial charge on any atom is 0.144 e. The molecule has 2 aromatic carbocycles. The smallest absolute Gasteiger partial charge is 0.144 e. The Bertz CT molecular complexity index is 602. The van der Waals surface area contributed by atoms with Crippen molar-refractivity contribution in [2.24, 2.45) is 0 Å². The first-order valence-corrected chi connectivity index (χ1v) is 6.30. The van der Waals surface area contributed by atoms with Crippen LogP contribution in [0, 0.1) is 11.6 Å². The predicted octanol–water partition coefficient (Wildman–Crippen LogP) is 3.56. The number of nitrogens with one attached hydrogen (secondary N) is 1. The van der Waals surface area contributed by atoms with Crippen molar-refractivity contribution < 1.29 is 13.5 Å². The van der Waals surface area contributed by atoms with Gasteiger partial charge < -0.3 is 15.8 Å². The number of nitrogen functional groups attached to an aromatic ring is 1. The second-order valence-corrected chi connectivity index (χ2v) is 4.27. The van der Waals surface area contributed by atoms with Crippen LogP contribution >= 0.6 is 0 Å². The predicted molar refractivity (Wildman–Crippen MR) is 75.7 cm³/mol. The fourth-order valence-corrected chi connectivity index (χ4v) is 1.80. The minimum atomic E-state index is -0.462. The van der Waals surface area contributed by atoms with E-state index in [0.717, 1.165) is 17.8 Å². The van der Waals surface area contributed by atoms with Crippen molar-refractivity contribution in [2.45, 2.75) is 13.5 Å². The van der Waals surface area contributed by atoms with Gasteiger partial charge in [-0.2, -0.15) is 0 Å². The Morgan fingerprint density at radius 2 is 1.95 bits per heavy atom. The van der Waals surface area contributed by atoms with Gasteiger partial charge in [0.1, 0.15) is 17.4 Å². The number of nitrogens with two attached hydrogens (primary N) is 1. The van der Waals surface area contributed by atoms with E-state index in [1.54, 1.807) is 18.2 Å². The van der Waals surface area contributed by atoms with Gasteiger partial charge in [-0.3, -0.25) is 0 Å². The van der Waals surface area contributed by atoms with Gasteiger partial charge in [-0.15, -0.1) is 0 Å². The third-order valence-electron chi connectivity index (χ3n) is 2.80. The summed E-state index contributed by atoms with van der Waals surface area (Å²) in [5.74, 6) is -0.341. The zero-order valence-corrected chi connectivity index (χ0v) is 11.1. The molecule has 106 valence electrons. The Morgan fingerprint density at radius 3 is 2.70 bits per heavy atom. The lowest BCUT2D eigenvalue weighted by atomic mass is 10.2. The van der Waals surface area contributed by atoms with E-state index in [1.165, 1.54) is 6.07 Å². The zero-order valence-electron chi connectivity index (χ0n) is 11.1. The van der Waals surface area contributed by atoms with Crippen molar-refractivity contribution in [1.82, 2.24) is 0 Å². The average molecular weight is 278 g/mol. The van der Waals surface area contributed by atoms with E-state index in [9.17, 15) is 8.78 Å². The molecule has 0 aromatic heterocycles. The molecule has 0 aliphatic heterocycles. The van der Waals surface area contributed by atoms with Crippen molar-refractivity contribution in [3.05, 3.63) is 53.6 Å². The summed E-state index contributed by atoms with van der Waals surface area (Å²) in [6, 6.07) is 8.57. The normalized spacial score (nSPS) is 10.3. The zero-order chi connectivity index (χ0) is 14.5. The number of rotatable bonds is 5. The van der Waals surface area contributed by atoms with E-state index >= 15 is 0 Å². The summed E-state index contributed by atoms with van der Waals surface area (Å²) < 4.78 is 31.9.